The minimum atomic E-state index is -4.50. The van der Waals surface area contributed by atoms with Crippen LogP contribution in [0.15, 0.2) is 0 Å². The Labute approximate surface area is 194 Å². The molecule has 0 aromatic rings. The van der Waals surface area contributed by atoms with Crippen LogP contribution in [-0.4, -0.2) is 16.9 Å². The van der Waals surface area contributed by atoms with Crippen LogP contribution in [0.4, 0.5) is 13.2 Å². The number of hydrogen-bond donors (Lipinski definition) is 1. The minimum absolute atomic E-state index is 0.0145. The monoisotopic (exact) mass is 456 g/mol. The molecule has 1 nitrogen and oxygen atoms in total. The van der Waals surface area contributed by atoms with Crippen molar-refractivity contribution in [2.45, 2.75) is 123 Å². The van der Waals surface area contributed by atoms with E-state index in [-0.39, 0.29) is 24.2 Å². The van der Waals surface area contributed by atoms with Crippen molar-refractivity contribution in [1.29, 1.82) is 0 Å². The Balaban J connectivity index is 1.47. The Morgan fingerprint density at radius 3 is 2.19 bits per heavy atom. The maximum atomic E-state index is 13.6. The highest BCUT2D eigenvalue weighted by Gasteiger charge is 2.65. The van der Waals surface area contributed by atoms with E-state index in [9.17, 15) is 18.3 Å². The highest BCUT2D eigenvalue weighted by atomic mass is 19.4. The maximum Gasteiger partial charge on any atom is 0.417 e. The van der Waals surface area contributed by atoms with Crippen LogP contribution in [0.1, 0.15) is 112 Å². The van der Waals surface area contributed by atoms with Gasteiger partial charge in [-0.15, -0.1) is 0 Å². The predicted octanol–water partition coefficient (Wildman–Crippen LogP) is 8.40. The molecule has 0 aromatic heterocycles. The van der Waals surface area contributed by atoms with Crippen LogP contribution < -0.4 is 0 Å². The first-order chi connectivity index (χ1) is 14.8. The van der Waals surface area contributed by atoms with Crippen molar-refractivity contribution in [2.75, 3.05) is 0 Å². The second kappa shape index (κ2) is 8.45. The Morgan fingerprint density at radius 1 is 0.844 bits per heavy atom. The SMILES string of the molecule is CC(C)CCC[C@@H](C)[C@H]1CC[C@H]2[C@@H]3CC[C@H]4CC(O)(C(F)(F)F)CC[C@]4(C)[C@H]3CC[C@]12C. The van der Waals surface area contributed by atoms with Gasteiger partial charge in [-0.2, -0.15) is 13.2 Å². The molecule has 0 bridgehead atoms. The number of rotatable bonds is 5. The lowest BCUT2D eigenvalue weighted by Crippen LogP contribution is -2.59. The molecule has 4 fully saturated rings. The van der Waals surface area contributed by atoms with Crippen LogP contribution in [0.2, 0.25) is 0 Å². The van der Waals surface area contributed by atoms with Crippen LogP contribution in [0.25, 0.3) is 0 Å². The lowest BCUT2D eigenvalue weighted by Gasteiger charge is -2.62. The van der Waals surface area contributed by atoms with Crippen molar-refractivity contribution >= 4 is 0 Å². The molecule has 0 saturated heterocycles. The lowest BCUT2D eigenvalue weighted by atomic mass is 9.43. The van der Waals surface area contributed by atoms with Crippen LogP contribution in [0.5, 0.6) is 0 Å². The number of fused-ring (bicyclic) bond motifs is 5. The summed E-state index contributed by atoms with van der Waals surface area (Å²) in [5.74, 6) is 4.37. The molecule has 0 heterocycles. The topological polar surface area (TPSA) is 20.2 Å². The van der Waals surface area contributed by atoms with E-state index in [1.54, 1.807) is 0 Å². The zero-order valence-corrected chi connectivity index (χ0v) is 21.1. The summed E-state index contributed by atoms with van der Waals surface area (Å²) in [7, 11) is 0. The van der Waals surface area contributed by atoms with Gasteiger partial charge in [-0.1, -0.05) is 53.9 Å². The van der Waals surface area contributed by atoms with Crippen LogP contribution in [0.3, 0.4) is 0 Å². The lowest BCUT2D eigenvalue weighted by molar-refractivity contribution is -0.290. The van der Waals surface area contributed by atoms with Crippen molar-refractivity contribution < 1.29 is 18.3 Å². The van der Waals surface area contributed by atoms with E-state index in [1.165, 1.54) is 44.9 Å². The van der Waals surface area contributed by atoms with E-state index in [0.29, 0.717) is 23.7 Å². The summed E-state index contributed by atoms with van der Waals surface area (Å²) in [4.78, 5) is 0. The third-order valence-electron chi connectivity index (χ3n) is 11.5. The molecule has 4 saturated carbocycles. The first kappa shape index (κ1) is 24.9. The standard InChI is InChI=1S/C28H47F3O/c1-18(2)7-6-8-19(3)22-11-12-23-21-10-9-20-17-27(32,28(29,30)31)16-15-25(20,4)24(21)13-14-26(22,23)5/h18-24,32H,6-17H2,1-5H3/t19-,20+,21+,22-,23+,24+,25+,26-,27?/m1/s1. The second-order valence-electron chi connectivity index (χ2n) is 13.4. The fraction of sp³-hybridized carbons (Fsp3) is 1.00. The van der Waals surface area contributed by atoms with Gasteiger partial charge in [-0.25, -0.2) is 0 Å². The van der Waals surface area contributed by atoms with Crippen molar-refractivity contribution in [3.8, 4) is 0 Å². The average Bonchev–Trinajstić information content (AvgIpc) is 3.04. The fourth-order valence-corrected chi connectivity index (χ4v) is 9.53. The van der Waals surface area contributed by atoms with E-state index >= 15 is 0 Å². The predicted molar refractivity (Wildman–Crippen MR) is 124 cm³/mol. The van der Waals surface area contributed by atoms with Crippen LogP contribution in [-0.2, 0) is 0 Å². The Morgan fingerprint density at radius 2 is 1.53 bits per heavy atom. The summed E-state index contributed by atoms with van der Waals surface area (Å²) in [6.07, 6.45) is 6.92. The molecule has 32 heavy (non-hydrogen) atoms. The number of alkyl halides is 3. The summed E-state index contributed by atoms with van der Waals surface area (Å²) >= 11 is 0. The normalized spacial score (nSPS) is 47.6. The van der Waals surface area contributed by atoms with Gasteiger partial charge < -0.3 is 5.11 Å². The van der Waals surface area contributed by atoms with E-state index in [1.807, 2.05) is 0 Å². The molecule has 4 aliphatic rings. The minimum Gasteiger partial charge on any atom is -0.380 e. The maximum absolute atomic E-state index is 13.6. The summed E-state index contributed by atoms with van der Waals surface area (Å²) < 4.78 is 40.7. The quantitative estimate of drug-likeness (QED) is 0.440. The number of hydrogen-bond acceptors (Lipinski definition) is 1. The zero-order chi connectivity index (χ0) is 23.5. The van der Waals surface area contributed by atoms with Crippen LogP contribution in [0, 0.1) is 52.3 Å². The van der Waals surface area contributed by atoms with Crippen molar-refractivity contribution in [2.24, 2.45) is 52.3 Å². The summed E-state index contributed by atoms with van der Waals surface area (Å²) in [5.41, 5.74) is -2.07. The van der Waals surface area contributed by atoms with Gasteiger partial charge in [-0.05, 0) is 110 Å². The van der Waals surface area contributed by atoms with Gasteiger partial charge in [0, 0.05) is 0 Å². The Hall–Kier alpha value is -0.250. The molecule has 0 aliphatic heterocycles. The van der Waals surface area contributed by atoms with E-state index < -0.39 is 11.8 Å². The Bertz CT molecular complexity index is 674. The molecule has 1 unspecified atom stereocenters. The largest absolute Gasteiger partial charge is 0.417 e. The first-order valence-electron chi connectivity index (χ1n) is 13.6. The summed E-state index contributed by atoms with van der Waals surface area (Å²) in [6.45, 7) is 12.0. The Kier molecular flexibility index (Phi) is 6.57. The molecular weight excluding hydrogens is 409 g/mol. The molecule has 0 aromatic carbocycles. The molecule has 0 amide bonds. The molecular formula is C28H47F3O. The van der Waals surface area contributed by atoms with Gasteiger partial charge >= 0.3 is 6.18 Å². The molecule has 4 aliphatic carbocycles. The van der Waals surface area contributed by atoms with Crippen molar-refractivity contribution in [3.63, 3.8) is 0 Å². The van der Waals surface area contributed by atoms with Gasteiger partial charge in [0.05, 0.1) is 0 Å². The smallest absolute Gasteiger partial charge is 0.380 e. The fourth-order valence-electron chi connectivity index (χ4n) is 9.53. The van der Waals surface area contributed by atoms with E-state index in [0.717, 1.165) is 36.5 Å². The third kappa shape index (κ3) is 3.97. The molecule has 1 N–H and O–H groups in total. The third-order valence-corrected chi connectivity index (χ3v) is 11.5. The molecule has 9 atom stereocenters. The highest BCUT2D eigenvalue weighted by molar-refractivity contribution is 5.11. The number of halogens is 3. The van der Waals surface area contributed by atoms with E-state index in [2.05, 4.69) is 34.6 Å². The van der Waals surface area contributed by atoms with Crippen molar-refractivity contribution in [1.82, 2.24) is 0 Å². The first-order valence-corrected chi connectivity index (χ1v) is 13.6. The van der Waals surface area contributed by atoms with Gasteiger partial charge in [0.25, 0.3) is 0 Å². The van der Waals surface area contributed by atoms with Gasteiger partial charge in [-0.3, -0.25) is 0 Å². The molecule has 0 radical (unpaired) electrons. The second-order valence-corrected chi connectivity index (χ2v) is 13.4. The van der Waals surface area contributed by atoms with Gasteiger partial charge in [0.2, 0.25) is 0 Å². The van der Waals surface area contributed by atoms with E-state index in [4.69, 9.17) is 0 Å². The molecule has 0 spiro atoms. The van der Waals surface area contributed by atoms with Crippen LogP contribution >= 0.6 is 0 Å². The zero-order valence-electron chi connectivity index (χ0n) is 21.1. The van der Waals surface area contributed by atoms with Crippen molar-refractivity contribution in [3.05, 3.63) is 0 Å². The molecule has 4 heteroatoms. The molecule has 186 valence electrons. The highest BCUT2D eigenvalue weighted by Crippen LogP contribution is 2.69. The average molecular weight is 457 g/mol. The van der Waals surface area contributed by atoms with Gasteiger partial charge in [0.1, 0.15) is 0 Å². The number of aliphatic hydroxyl groups is 1. The summed E-state index contributed by atoms with van der Waals surface area (Å²) in [5, 5.41) is 10.4. The molecule has 4 rings (SSSR count). The summed E-state index contributed by atoms with van der Waals surface area (Å²) in [6, 6.07) is 0. The van der Waals surface area contributed by atoms with Gasteiger partial charge in [0.15, 0.2) is 5.60 Å².